The minimum atomic E-state index is 0.153. The summed E-state index contributed by atoms with van der Waals surface area (Å²) < 4.78 is 6.11. The number of aromatic nitrogens is 1. The average Bonchev–Trinajstić information content (AvgIpc) is 2.74. The molecule has 0 aromatic carbocycles. The number of likely N-dealkylation sites (N-methyl/N-ethyl adjacent to an activating group) is 1. The Morgan fingerprint density at radius 3 is 2.70 bits per heavy atom. The van der Waals surface area contributed by atoms with Crippen LogP contribution in [-0.4, -0.2) is 75.4 Å². The van der Waals surface area contributed by atoms with Crippen molar-refractivity contribution in [3.05, 3.63) is 23.9 Å². The van der Waals surface area contributed by atoms with E-state index in [1.54, 1.807) is 0 Å². The summed E-state index contributed by atoms with van der Waals surface area (Å²) in [5.41, 5.74) is 1.37. The first-order valence-electron chi connectivity index (χ1n) is 11.3. The number of nitrogens with one attached hydrogen (secondary N) is 2. The number of hydrogen-bond acceptors (Lipinski definition) is 5. The molecule has 2 aliphatic rings. The van der Waals surface area contributed by atoms with Crippen molar-refractivity contribution in [3.63, 3.8) is 0 Å². The molecule has 2 atom stereocenters. The predicted octanol–water partition coefficient (Wildman–Crippen LogP) is 2.34. The van der Waals surface area contributed by atoms with Crippen LogP contribution in [0.1, 0.15) is 39.2 Å². The summed E-state index contributed by atoms with van der Waals surface area (Å²) in [6.07, 6.45) is 4.53. The fourth-order valence-electron chi connectivity index (χ4n) is 4.42. The molecular formula is C23H40N6O. The predicted molar refractivity (Wildman–Crippen MR) is 124 cm³/mol. The van der Waals surface area contributed by atoms with Crippen molar-refractivity contribution in [1.29, 1.82) is 0 Å². The molecule has 2 fully saturated rings. The molecular weight excluding hydrogens is 376 g/mol. The van der Waals surface area contributed by atoms with Crippen molar-refractivity contribution < 1.29 is 4.74 Å². The van der Waals surface area contributed by atoms with E-state index in [-0.39, 0.29) is 11.5 Å². The van der Waals surface area contributed by atoms with Crippen LogP contribution in [-0.2, 0) is 11.3 Å². The highest BCUT2D eigenvalue weighted by Gasteiger charge is 2.35. The van der Waals surface area contributed by atoms with Crippen molar-refractivity contribution in [3.8, 4) is 0 Å². The minimum Gasteiger partial charge on any atom is -0.377 e. The molecule has 7 heteroatoms. The van der Waals surface area contributed by atoms with Gasteiger partial charge >= 0.3 is 0 Å². The largest absolute Gasteiger partial charge is 0.377 e. The van der Waals surface area contributed by atoms with Gasteiger partial charge in [-0.3, -0.25) is 4.99 Å². The van der Waals surface area contributed by atoms with Gasteiger partial charge in [-0.2, -0.15) is 0 Å². The standard InChI is InChI=1S/C23H40N6O/c1-23(2,3)21-19(7-6-14-30-21)17-27-22(24-4)26-16-18-8-9-25-20(15-18)29-12-10-28(5)11-13-29/h8-9,15,19,21H,6-7,10-14,16-17H2,1-5H3,(H2,24,26,27). The maximum atomic E-state index is 6.11. The zero-order valence-electron chi connectivity index (χ0n) is 19.4. The normalized spacial score (nSPS) is 24.0. The summed E-state index contributed by atoms with van der Waals surface area (Å²) in [5.74, 6) is 2.41. The Hall–Kier alpha value is -1.86. The average molecular weight is 417 g/mol. The molecule has 0 bridgehead atoms. The smallest absolute Gasteiger partial charge is 0.191 e. The van der Waals surface area contributed by atoms with Crippen LogP contribution in [0.15, 0.2) is 23.3 Å². The first-order chi connectivity index (χ1) is 14.4. The van der Waals surface area contributed by atoms with Crippen molar-refractivity contribution in [2.45, 2.75) is 46.3 Å². The van der Waals surface area contributed by atoms with Gasteiger partial charge in [0.15, 0.2) is 5.96 Å². The number of guanidine groups is 1. The lowest BCUT2D eigenvalue weighted by Crippen LogP contribution is -2.47. The summed E-state index contributed by atoms with van der Waals surface area (Å²) >= 11 is 0. The molecule has 7 nitrogen and oxygen atoms in total. The zero-order valence-corrected chi connectivity index (χ0v) is 19.4. The maximum Gasteiger partial charge on any atom is 0.191 e. The van der Waals surface area contributed by atoms with Gasteiger partial charge in [0, 0.05) is 65.0 Å². The van der Waals surface area contributed by atoms with Gasteiger partial charge in [0.05, 0.1) is 6.10 Å². The Morgan fingerprint density at radius 2 is 2.00 bits per heavy atom. The molecule has 1 aromatic heterocycles. The van der Waals surface area contributed by atoms with Crippen LogP contribution < -0.4 is 15.5 Å². The van der Waals surface area contributed by atoms with E-state index in [9.17, 15) is 0 Å². The molecule has 3 rings (SSSR count). The van der Waals surface area contributed by atoms with Crippen LogP contribution in [0, 0.1) is 11.3 Å². The molecule has 30 heavy (non-hydrogen) atoms. The van der Waals surface area contributed by atoms with Crippen LogP contribution >= 0.6 is 0 Å². The molecule has 0 saturated carbocycles. The van der Waals surface area contributed by atoms with Gasteiger partial charge in [0.1, 0.15) is 5.82 Å². The van der Waals surface area contributed by atoms with Crippen molar-refractivity contribution in [2.75, 3.05) is 58.3 Å². The van der Waals surface area contributed by atoms with E-state index in [0.29, 0.717) is 5.92 Å². The van der Waals surface area contributed by atoms with E-state index in [1.165, 1.54) is 12.0 Å². The highest BCUT2D eigenvalue weighted by Crippen LogP contribution is 2.33. The summed E-state index contributed by atoms with van der Waals surface area (Å²) in [7, 11) is 4.00. The first-order valence-corrected chi connectivity index (χ1v) is 11.3. The molecule has 0 amide bonds. The number of nitrogens with zero attached hydrogens (tertiary/aromatic N) is 4. The summed E-state index contributed by atoms with van der Waals surface area (Å²) in [5, 5.41) is 6.98. The van der Waals surface area contributed by atoms with E-state index in [0.717, 1.165) is 64.1 Å². The number of hydrogen-bond donors (Lipinski definition) is 2. The number of rotatable bonds is 5. The van der Waals surface area contributed by atoms with Crippen LogP contribution in [0.3, 0.4) is 0 Å². The van der Waals surface area contributed by atoms with Crippen molar-refractivity contribution in [1.82, 2.24) is 20.5 Å². The van der Waals surface area contributed by atoms with E-state index in [1.807, 2.05) is 13.2 Å². The lowest BCUT2D eigenvalue weighted by molar-refractivity contribution is -0.0835. The molecule has 2 N–H and O–H groups in total. The van der Waals surface area contributed by atoms with Crippen LogP contribution in [0.2, 0.25) is 0 Å². The monoisotopic (exact) mass is 416 g/mol. The number of anilines is 1. The second kappa shape index (κ2) is 10.4. The fraction of sp³-hybridized carbons (Fsp3) is 0.739. The molecule has 1 aromatic rings. The number of ether oxygens (including phenoxy) is 1. The third-order valence-electron chi connectivity index (χ3n) is 6.15. The van der Waals surface area contributed by atoms with Crippen LogP contribution in [0.4, 0.5) is 5.82 Å². The second-order valence-electron chi connectivity index (χ2n) is 9.68. The van der Waals surface area contributed by atoms with Crippen molar-refractivity contribution in [2.24, 2.45) is 16.3 Å². The quantitative estimate of drug-likeness (QED) is 0.567. The maximum absolute atomic E-state index is 6.11. The lowest BCUT2D eigenvalue weighted by atomic mass is 9.78. The van der Waals surface area contributed by atoms with Gasteiger partial charge < -0.3 is 25.2 Å². The van der Waals surface area contributed by atoms with Gasteiger partial charge in [-0.25, -0.2) is 4.98 Å². The molecule has 2 aliphatic heterocycles. The molecule has 3 heterocycles. The Morgan fingerprint density at radius 1 is 1.23 bits per heavy atom. The minimum absolute atomic E-state index is 0.153. The highest BCUT2D eigenvalue weighted by atomic mass is 16.5. The topological polar surface area (TPSA) is 65.0 Å². The molecule has 0 radical (unpaired) electrons. The van der Waals surface area contributed by atoms with Gasteiger partial charge in [-0.05, 0) is 43.0 Å². The molecule has 0 aliphatic carbocycles. The Labute approximate surface area is 182 Å². The Bertz CT molecular complexity index is 693. The second-order valence-corrected chi connectivity index (χ2v) is 9.68. The van der Waals surface area contributed by atoms with Crippen LogP contribution in [0.5, 0.6) is 0 Å². The number of aliphatic imine (C=N–C) groups is 1. The van der Waals surface area contributed by atoms with Crippen molar-refractivity contribution >= 4 is 11.8 Å². The van der Waals surface area contributed by atoms with E-state index in [4.69, 9.17) is 4.74 Å². The number of piperazine rings is 1. The SMILES string of the molecule is CN=C(NCc1ccnc(N2CCN(C)CC2)c1)NCC1CCCOC1C(C)(C)C. The first kappa shape index (κ1) is 22.8. The Balaban J connectivity index is 1.51. The summed E-state index contributed by atoms with van der Waals surface area (Å²) in [6.45, 7) is 13.5. The third-order valence-corrected chi connectivity index (χ3v) is 6.15. The van der Waals surface area contributed by atoms with Crippen LogP contribution in [0.25, 0.3) is 0 Å². The lowest BCUT2D eigenvalue weighted by Gasteiger charge is -2.40. The summed E-state index contributed by atoms with van der Waals surface area (Å²) in [6, 6.07) is 4.26. The molecule has 0 spiro atoms. The third kappa shape index (κ3) is 6.32. The summed E-state index contributed by atoms with van der Waals surface area (Å²) in [4.78, 5) is 13.7. The van der Waals surface area contributed by atoms with E-state index >= 15 is 0 Å². The van der Waals surface area contributed by atoms with E-state index in [2.05, 4.69) is 70.4 Å². The zero-order chi connectivity index (χ0) is 21.6. The van der Waals surface area contributed by atoms with Gasteiger partial charge in [0.25, 0.3) is 0 Å². The van der Waals surface area contributed by atoms with Gasteiger partial charge in [-0.1, -0.05) is 20.8 Å². The molecule has 2 saturated heterocycles. The van der Waals surface area contributed by atoms with Gasteiger partial charge in [-0.15, -0.1) is 0 Å². The fourth-order valence-corrected chi connectivity index (χ4v) is 4.42. The number of pyridine rings is 1. The molecule has 168 valence electrons. The van der Waals surface area contributed by atoms with E-state index < -0.39 is 0 Å². The Kier molecular flexibility index (Phi) is 7.94. The van der Waals surface area contributed by atoms with Gasteiger partial charge in [0.2, 0.25) is 0 Å². The molecule has 2 unspecified atom stereocenters. The highest BCUT2D eigenvalue weighted by molar-refractivity contribution is 5.79.